The third-order valence-corrected chi connectivity index (χ3v) is 3.24. The number of hydrogen-bond donors (Lipinski definition) is 2. The second-order valence-corrected chi connectivity index (χ2v) is 5.26. The van der Waals surface area contributed by atoms with E-state index in [1.165, 1.54) is 0 Å². The summed E-state index contributed by atoms with van der Waals surface area (Å²) in [6.07, 6.45) is 1.01. The molecule has 2 aromatic rings. The van der Waals surface area contributed by atoms with Gasteiger partial charge < -0.3 is 15.8 Å². The van der Waals surface area contributed by atoms with E-state index in [0.717, 1.165) is 30.1 Å². The molecule has 1 aromatic carbocycles. The van der Waals surface area contributed by atoms with Crippen molar-refractivity contribution in [2.24, 2.45) is 0 Å². The summed E-state index contributed by atoms with van der Waals surface area (Å²) in [4.78, 5) is 4.25. The Bertz CT molecular complexity index is 511. The molecule has 3 N–H and O–H groups in total. The van der Waals surface area contributed by atoms with E-state index in [4.69, 9.17) is 10.5 Å². The molecule has 0 aliphatic rings. The molecule has 2 rings (SSSR count). The van der Waals surface area contributed by atoms with Crippen LogP contribution in [0.2, 0.25) is 0 Å². The molecule has 0 aliphatic heterocycles. The van der Waals surface area contributed by atoms with Crippen LogP contribution in [0.15, 0.2) is 29.1 Å². The molecule has 4 nitrogen and oxygen atoms in total. The maximum Gasteiger partial charge on any atom is 0.144 e. The minimum atomic E-state index is 0.118. The third-order valence-electron chi connectivity index (χ3n) is 2.61. The monoisotopic (exact) mass is 277 g/mol. The van der Waals surface area contributed by atoms with Crippen LogP contribution in [-0.2, 0) is 6.42 Å². The number of nitrogens with two attached hydrogens (primary N) is 1. The van der Waals surface area contributed by atoms with Gasteiger partial charge in [-0.25, -0.2) is 4.98 Å². The number of hydrogen-bond acceptors (Lipinski definition) is 5. The summed E-state index contributed by atoms with van der Waals surface area (Å²) in [7, 11) is 0. The zero-order valence-corrected chi connectivity index (χ0v) is 12.0. The molecule has 102 valence electrons. The van der Waals surface area contributed by atoms with Gasteiger partial charge in [0.15, 0.2) is 0 Å². The van der Waals surface area contributed by atoms with Gasteiger partial charge in [0.25, 0.3) is 0 Å². The first-order valence-corrected chi connectivity index (χ1v) is 7.27. The molecular weight excluding hydrogens is 258 g/mol. The van der Waals surface area contributed by atoms with Crippen molar-refractivity contribution >= 4 is 22.7 Å². The topological polar surface area (TPSA) is 60.2 Å². The van der Waals surface area contributed by atoms with Gasteiger partial charge in [-0.05, 0) is 26.0 Å². The zero-order chi connectivity index (χ0) is 13.7. The van der Waals surface area contributed by atoms with Gasteiger partial charge in [0.2, 0.25) is 0 Å². The van der Waals surface area contributed by atoms with Crippen molar-refractivity contribution in [2.75, 3.05) is 17.6 Å². The van der Waals surface area contributed by atoms with E-state index in [0.29, 0.717) is 5.69 Å². The van der Waals surface area contributed by atoms with Crippen LogP contribution in [0.25, 0.3) is 0 Å². The number of aromatic nitrogens is 1. The first kappa shape index (κ1) is 13.7. The van der Waals surface area contributed by atoms with Crippen molar-refractivity contribution in [3.05, 3.63) is 34.8 Å². The number of rotatable bonds is 6. The highest BCUT2D eigenvalue weighted by Gasteiger charge is 2.07. The van der Waals surface area contributed by atoms with Crippen LogP contribution in [0, 0.1) is 0 Å². The Kier molecular flexibility index (Phi) is 4.63. The van der Waals surface area contributed by atoms with Gasteiger partial charge in [-0.2, -0.15) is 0 Å². The van der Waals surface area contributed by atoms with E-state index in [9.17, 15) is 0 Å². The Morgan fingerprint density at radius 3 is 2.95 bits per heavy atom. The van der Waals surface area contributed by atoms with Crippen LogP contribution < -0.4 is 15.8 Å². The Morgan fingerprint density at radius 1 is 1.42 bits per heavy atom. The molecule has 0 fully saturated rings. The summed E-state index contributed by atoms with van der Waals surface area (Å²) >= 11 is 1.61. The highest BCUT2D eigenvalue weighted by Crippen LogP contribution is 2.30. The van der Waals surface area contributed by atoms with Crippen molar-refractivity contribution < 1.29 is 4.74 Å². The summed E-state index contributed by atoms with van der Waals surface area (Å²) in [5, 5.41) is 5.38. The van der Waals surface area contributed by atoms with E-state index in [1.807, 2.05) is 37.6 Å². The fraction of sp³-hybridized carbons (Fsp3) is 0.357. The predicted octanol–water partition coefficient (Wildman–Crippen LogP) is 3.17. The Morgan fingerprint density at radius 2 is 2.26 bits per heavy atom. The van der Waals surface area contributed by atoms with Crippen molar-refractivity contribution in [1.29, 1.82) is 0 Å². The van der Waals surface area contributed by atoms with Gasteiger partial charge in [-0.1, -0.05) is 6.07 Å². The summed E-state index contributed by atoms with van der Waals surface area (Å²) in [5.74, 6) is 0.730. The van der Waals surface area contributed by atoms with Crippen molar-refractivity contribution in [2.45, 2.75) is 26.4 Å². The molecule has 0 atom stereocenters. The fourth-order valence-corrected chi connectivity index (χ4v) is 2.33. The number of thiazole rings is 1. The lowest BCUT2D eigenvalue weighted by Gasteiger charge is -2.15. The Labute approximate surface area is 117 Å². The number of benzene rings is 1. The maximum absolute atomic E-state index is 6.09. The van der Waals surface area contributed by atoms with Gasteiger partial charge in [-0.15, -0.1) is 11.3 Å². The van der Waals surface area contributed by atoms with Gasteiger partial charge in [0.05, 0.1) is 28.7 Å². The van der Waals surface area contributed by atoms with Gasteiger partial charge in [0, 0.05) is 18.3 Å². The molecule has 0 unspecified atom stereocenters. The van der Waals surface area contributed by atoms with E-state index in [1.54, 1.807) is 11.3 Å². The van der Waals surface area contributed by atoms with Crippen LogP contribution in [0.4, 0.5) is 11.4 Å². The van der Waals surface area contributed by atoms with Crippen LogP contribution in [-0.4, -0.2) is 17.6 Å². The first-order valence-electron chi connectivity index (χ1n) is 6.33. The SMILES string of the molecule is CC(C)Oc1cccc(NCCc2cscn2)c1N. The average molecular weight is 277 g/mol. The van der Waals surface area contributed by atoms with Crippen LogP contribution in [0.1, 0.15) is 19.5 Å². The number of nitrogen functional groups attached to an aromatic ring is 1. The molecule has 19 heavy (non-hydrogen) atoms. The molecule has 0 spiro atoms. The molecular formula is C14H19N3OS. The minimum Gasteiger partial charge on any atom is -0.489 e. The van der Waals surface area contributed by atoms with Crippen molar-refractivity contribution in [3.8, 4) is 5.75 Å². The lowest BCUT2D eigenvalue weighted by molar-refractivity contribution is 0.244. The number of para-hydroxylation sites is 1. The van der Waals surface area contributed by atoms with E-state index in [2.05, 4.69) is 15.7 Å². The highest BCUT2D eigenvalue weighted by molar-refractivity contribution is 7.07. The second-order valence-electron chi connectivity index (χ2n) is 4.54. The Balaban J connectivity index is 1.96. The van der Waals surface area contributed by atoms with Crippen molar-refractivity contribution in [3.63, 3.8) is 0 Å². The number of nitrogens with zero attached hydrogens (tertiary/aromatic N) is 1. The molecule has 0 amide bonds. The summed E-state index contributed by atoms with van der Waals surface area (Å²) in [5.41, 5.74) is 10.6. The largest absolute Gasteiger partial charge is 0.489 e. The molecule has 0 bridgehead atoms. The molecule has 1 heterocycles. The van der Waals surface area contributed by atoms with E-state index >= 15 is 0 Å². The molecule has 0 radical (unpaired) electrons. The molecule has 0 saturated carbocycles. The van der Waals surface area contributed by atoms with Crippen LogP contribution in [0.5, 0.6) is 5.75 Å². The quantitative estimate of drug-likeness (QED) is 0.796. The first-order chi connectivity index (χ1) is 9.16. The molecule has 0 saturated heterocycles. The molecule has 5 heteroatoms. The lowest BCUT2D eigenvalue weighted by Crippen LogP contribution is -2.10. The van der Waals surface area contributed by atoms with Gasteiger partial charge in [-0.3, -0.25) is 0 Å². The zero-order valence-electron chi connectivity index (χ0n) is 11.2. The second kappa shape index (κ2) is 6.43. The molecule has 0 aliphatic carbocycles. The standard InChI is InChI=1S/C14H19N3OS/c1-10(2)18-13-5-3-4-12(14(13)15)16-7-6-11-8-19-9-17-11/h3-5,8-10,16H,6-7,15H2,1-2H3. The van der Waals surface area contributed by atoms with Crippen molar-refractivity contribution in [1.82, 2.24) is 4.98 Å². The number of anilines is 2. The summed E-state index contributed by atoms with van der Waals surface area (Å²) < 4.78 is 5.66. The normalized spacial score (nSPS) is 10.7. The minimum absolute atomic E-state index is 0.118. The maximum atomic E-state index is 6.09. The lowest BCUT2D eigenvalue weighted by atomic mass is 10.2. The van der Waals surface area contributed by atoms with Gasteiger partial charge in [0.1, 0.15) is 5.75 Å². The van der Waals surface area contributed by atoms with Gasteiger partial charge >= 0.3 is 0 Å². The van der Waals surface area contributed by atoms with E-state index in [-0.39, 0.29) is 6.10 Å². The number of ether oxygens (including phenoxy) is 1. The highest BCUT2D eigenvalue weighted by atomic mass is 32.1. The summed E-state index contributed by atoms with van der Waals surface area (Å²) in [6.45, 7) is 4.78. The third kappa shape index (κ3) is 3.86. The van der Waals surface area contributed by atoms with Crippen LogP contribution >= 0.6 is 11.3 Å². The average Bonchev–Trinajstić information content (AvgIpc) is 2.86. The number of nitrogens with one attached hydrogen (secondary N) is 1. The smallest absolute Gasteiger partial charge is 0.144 e. The fourth-order valence-electron chi connectivity index (χ4n) is 1.74. The predicted molar refractivity (Wildman–Crippen MR) is 80.9 cm³/mol. The summed E-state index contributed by atoms with van der Waals surface area (Å²) in [6, 6.07) is 5.80. The Hall–Kier alpha value is -1.75. The molecule has 1 aromatic heterocycles. The van der Waals surface area contributed by atoms with E-state index < -0.39 is 0 Å². The van der Waals surface area contributed by atoms with Crippen LogP contribution in [0.3, 0.4) is 0 Å².